The van der Waals surface area contributed by atoms with Crippen LogP contribution in [0.15, 0.2) is 48.5 Å². The predicted molar refractivity (Wildman–Crippen MR) is 105 cm³/mol. The molecule has 4 heteroatoms. The molecular formula is C22H28N2O2. The van der Waals surface area contributed by atoms with Gasteiger partial charge < -0.3 is 10.2 Å². The van der Waals surface area contributed by atoms with Crippen molar-refractivity contribution in [3.8, 4) is 0 Å². The number of rotatable bonds is 7. The maximum absolute atomic E-state index is 13.1. The molecule has 0 radical (unpaired) electrons. The molecule has 0 aromatic heterocycles. The van der Waals surface area contributed by atoms with Gasteiger partial charge in [0.2, 0.25) is 11.8 Å². The number of carbonyl (C=O) groups is 2. The number of hydrogen-bond donors (Lipinski definition) is 1. The molecule has 2 aromatic carbocycles. The van der Waals surface area contributed by atoms with Crippen molar-refractivity contribution in [2.24, 2.45) is 0 Å². The second-order valence-corrected chi connectivity index (χ2v) is 6.72. The van der Waals surface area contributed by atoms with Crippen LogP contribution in [-0.2, 0) is 22.6 Å². The summed E-state index contributed by atoms with van der Waals surface area (Å²) in [6.07, 6.45) is 0.869. The van der Waals surface area contributed by atoms with Gasteiger partial charge in [-0.3, -0.25) is 9.59 Å². The summed E-state index contributed by atoms with van der Waals surface area (Å²) >= 11 is 0. The van der Waals surface area contributed by atoms with E-state index < -0.39 is 6.04 Å². The minimum absolute atomic E-state index is 0.0331. The Labute approximate surface area is 156 Å². The Hall–Kier alpha value is -2.62. The molecule has 0 saturated carbocycles. The van der Waals surface area contributed by atoms with E-state index in [9.17, 15) is 9.59 Å². The number of nitrogens with one attached hydrogen (secondary N) is 1. The molecule has 2 aromatic rings. The highest BCUT2D eigenvalue weighted by atomic mass is 16.2. The summed E-state index contributed by atoms with van der Waals surface area (Å²) in [6.45, 7) is 6.42. The van der Waals surface area contributed by atoms with E-state index in [0.717, 1.165) is 22.3 Å². The van der Waals surface area contributed by atoms with Crippen LogP contribution in [0.1, 0.15) is 35.6 Å². The molecule has 0 unspecified atom stereocenters. The van der Waals surface area contributed by atoms with E-state index in [1.807, 2.05) is 63.2 Å². The van der Waals surface area contributed by atoms with Crippen LogP contribution in [0.5, 0.6) is 0 Å². The second kappa shape index (κ2) is 9.18. The van der Waals surface area contributed by atoms with Crippen molar-refractivity contribution in [1.82, 2.24) is 10.2 Å². The average molecular weight is 352 g/mol. The Balaban J connectivity index is 2.28. The zero-order chi connectivity index (χ0) is 19.1. The Morgan fingerprint density at radius 1 is 1.00 bits per heavy atom. The highest BCUT2D eigenvalue weighted by Gasteiger charge is 2.27. The average Bonchev–Trinajstić information content (AvgIpc) is 2.61. The summed E-state index contributed by atoms with van der Waals surface area (Å²) in [6, 6.07) is 15.5. The van der Waals surface area contributed by atoms with Gasteiger partial charge in [0.05, 0.1) is 6.42 Å². The number of nitrogens with zero attached hydrogens (tertiary/aromatic N) is 1. The molecule has 1 N–H and O–H groups in total. The van der Waals surface area contributed by atoms with E-state index in [4.69, 9.17) is 0 Å². The topological polar surface area (TPSA) is 49.4 Å². The Morgan fingerprint density at radius 3 is 2.15 bits per heavy atom. The molecular weight excluding hydrogens is 324 g/mol. The molecule has 1 atom stereocenters. The Bertz CT molecular complexity index is 736. The zero-order valence-electron chi connectivity index (χ0n) is 16.1. The number of hydrogen-bond acceptors (Lipinski definition) is 2. The highest BCUT2D eigenvalue weighted by Crippen LogP contribution is 2.16. The molecule has 26 heavy (non-hydrogen) atoms. The zero-order valence-corrected chi connectivity index (χ0v) is 16.1. The summed E-state index contributed by atoms with van der Waals surface area (Å²) in [4.78, 5) is 27.1. The first-order valence-corrected chi connectivity index (χ1v) is 9.06. The van der Waals surface area contributed by atoms with Gasteiger partial charge in [-0.1, -0.05) is 66.6 Å². The van der Waals surface area contributed by atoms with Crippen molar-refractivity contribution in [3.05, 3.63) is 70.8 Å². The molecule has 0 bridgehead atoms. The van der Waals surface area contributed by atoms with Gasteiger partial charge in [0, 0.05) is 13.6 Å². The largest absolute Gasteiger partial charge is 0.357 e. The fourth-order valence-corrected chi connectivity index (χ4v) is 3.31. The summed E-state index contributed by atoms with van der Waals surface area (Å²) in [7, 11) is 1.61. The minimum atomic E-state index is -0.474. The van der Waals surface area contributed by atoms with E-state index in [1.54, 1.807) is 11.9 Å². The molecule has 0 fully saturated rings. The van der Waals surface area contributed by atoms with Crippen molar-refractivity contribution in [2.75, 3.05) is 7.05 Å². The van der Waals surface area contributed by atoms with Crippen LogP contribution in [0.4, 0.5) is 0 Å². The van der Waals surface area contributed by atoms with Gasteiger partial charge >= 0.3 is 0 Å². The Kier molecular flexibility index (Phi) is 6.96. The van der Waals surface area contributed by atoms with Gasteiger partial charge in [-0.15, -0.1) is 0 Å². The summed E-state index contributed by atoms with van der Waals surface area (Å²) in [5, 5.41) is 2.69. The quantitative estimate of drug-likeness (QED) is 0.830. The summed E-state index contributed by atoms with van der Waals surface area (Å²) in [5.74, 6) is -0.161. The van der Waals surface area contributed by atoms with Crippen molar-refractivity contribution < 1.29 is 9.59 Å². The number of amides is 2. The molecule has 0 spiro atoms. The lowest BCUT2D eigenvalue weighted by Crippen LogP contribution is -2.48. The van der Waals surface area contributed by atoms with Crippen LogP contribution >= 0.6 is 0 Å². The summed E-state index contributed by atoms with van der Waals surface area (Å²) < 4.78 is 0. The molecule has 0 saturated heterocycles. The molecule has 138 valence electrons. The number of carbonyl (C=O) groups excluding carboxylic acids is 2. The molecule has 0 heterocycles. The minimum Gasteiger partial charge on any atom is -0.357 e. The van der Waals surface area contributed by atoms with Gasteiger partial charge in [0.25, 0.3) is 0 Å². The lowest BCUT2D eigenvalue weighted by atomic mass is 10.0. The third-order valence-electron chi connectivity index (χ3n) is 4.46. The van der Waals surface area contributed by atoms with Crippen LogP contribution in [0, 0.1) is 13.8 Å². The molecule has 0 aliphatic carbocycles. The van der Waals surface area contributed by atoms with E-state index in [2.05, 4.69) is 11.4 Å². The smallest absolute Gasteiger partial charge is 0.242 e. The molecule has 0 aliphatic heterocycles. The van der Waals surface area contributed by atoms with Crippen LogP contribution in [0.25, 0.3) is 0 Å². The van der Waals surface area contributed by atoms with Gasteiger partial charge in [0.1, 0.15) is 6.04 Å². The van der Waals surface area contributed by atoms with E-state index in [1.165, 1.54) is 0 Å². The van der Waals surface area contributed by atoms with Crippen LogP contribution in [-0.4, -0.2) is 29.8 Å². The Morgan fingerprint density at radius 2 is 1.62 bits per heavy atom. The standard InChI is InChI=1S/C22H28N2O2/c1-5-20(22(26)23-4)24(15-18-9-7-6-8-10-18)21(25)14-19-12-16(2)11-17(3)13-19/h6-13,20H,5,14-15H2,1-4H3,(H,23,26)/t20-/m0/s1. The SMILES string of the molecule is CC[C@@H](C(=O)NC)N(Cc1ccccc1)C(=O)Cc1cc(C)cc(C)c1. The van der Waals surface area contributed by atoms with Gasteiger partial charge in [-0.25, -0.2) is 0 Å². The van der Waals surface area contributed by atoms with Crippen molar-refractivity contribution in [3.63, 3.8) is 0 Å². The third-order valence-corrected chi connectivity index (χ3v) is 4.46. The molecule has 0 aliphatic rings. The molecule has 2 amide bonds. The van der Waals surface area contributed by atoms with E-state index >= 15 is 0 Å². The van der Waals surface area contributed by atoms with Gasteiger partial charge in [-0.05, 0) is 31.4 Å². The molecule has 4 nitrogen and oxygen atoms in total. The normalized spacial score (nSPS) is 11.7. The van der Waals surface area contributed by atoms with Crippen LogP contribution < -0.4 is 5.32 Å². The second-order valence-electron chi connectivity index (χ2n) is 6.72. The van der Waals surface area contributed by atoms with Crippen LogP contribution in [0.3, 0.4) is 0 Å². The maximum atomic E-state index is 13.1. The monoisotopic (exact) mass is 352 g/mol. The lowest BCUT2D eigenvalue weighted by Gasteiger charge is -2.30. The summed E-state index contributed by atoms with van der Waals surface area (Å²) in [5.41, 5.74) is 4.28. The first kappa shape index (κ1) is 19.7. The van der Waals surface area contributed by atoms with E-state index in [-0.39, 0.29) is 11.8 Å². The van der Waals surface area contributed by atoms with Gasteiger partial charge in [-0.2, -0.15) is 0 Å². The first-order valence-electron chi connectivity index (χ1n) is 9.06. The fraction of sp³-hybridized carbons (Fsp3) is 0.364. The highest BCUT2D eigenvalue weighted by molar-refractivity contribution is 5.88. The number of benzene rings is 2. The molecule has 2 rings (SSSR count). The first-order chi connectivity index (χ1) is 12.4. The van der Waals surface area contributed by atoms with Crippen LogP contribution in [0.2, 0.25) is 0 Å². The number of aryl methyl sites for hydroxylation is 2. The van der Waals surface area contributed by atoms with Gasteiger partial charge in [0.15, 0.2) is 0 Å². The predicted octanol–water partition coefficient (Wildman–Crippen LogP) is 3.40. The number of likely N-dealkylation sites (N-methyl/N-ethyl adjacent to an activating group) is 1. The van der Waals surface area contributed by atoms with Crippen molar-refractivity contribution >= 4 is 11.8 Å². The third kappa shape index (κ3) is 5.19. The van der Waals surface area contributed by atoms with Crippen molar-refractivity contribution in [2.45, 2.75) is 46.2 Å². The lowest BCUT2D eigenvalue weighted by molar-refractivity contribution is -0.140. The van der Waals surface area contributed by atoms with E-state index in [0.29, 0.717) is 19.4 Å². The van der Waals surface area contributed by atoms with Crippen molar-refractivity contribution in [1.29, 1.82) is 0 Å². The maximum Gasteiger partial charge on any atom is 0.242 e. The fourth-order valence-electron chi connectivity index (χ4n) is 3.31.